The number of carbonyl (C=O) groups is 4. The lowest BCUT2D eigenvalue weighted by atomic mass is 10.1. The molecule has 4 amide bonds. The Morgan fingerprint density at radius 2 is 0.946 bits per heavy atom. The van der Waals surface area contributed by atoms with Gasteiger partial charge in [-0.25, -0.2) is 19.8 Å². The summed E-state index contributed by atoms with van der Waals surface area (Å²) in [6, 6.07) is 19.4. The standard InChI is InChI=1S/C28H18N4O5/c1-15-5-3-7-23(29-15)31-25(33)19-11-9-17(13-21(19)27(31)35)37-18-10-12-20-22(14-18)28(36)32(26(20)34)24-8-4-6-16(2)30-24/h3-14H,1-2H3. The number of anilines is 2. The van der Waals surface area contributed by atoms with E-state index in [1.807, 2.05) is 0 Å². The van der Waals surface area contributed by atoms with E-state index in [0.717, 1.165) is 9.80 Å². The molecule has 0 unspecified atom stereocenters. The summed E-state index contributed by atoms with van der Waals surface area (Å²) in [6.45, 7) is 3.55. The topological polar surface area (TPSA) is 110 Å². The number of nitrogens with zero attached hydrogens (tertiary/aromatic N) is 4. The van der Waals surface area contributed by atoms with Gasteiger partial charge in [0.2, 0.25) is 0 Å². The van der Waals surface area contributed by atoms with E-state index in [0.29, 0.717) is 22.9 Å². The molecule has 2 aromatic carbocycles. The van der Waals surface area contributed by atoms with Gasteiger partial charge in [-0.15, -0.1) is 0 Å². The van der Waals surface area contributed by atoms with Crippen LogP contribution in [0.5, 0.6) is 11.5 Å². The quantitative estimate of drug-likeness (QED) is 0.388. The molecule has 4 aromatic rings. The number of aromatic nitrogens is 2. The molecule has 0 saturated carbocycles. The Kier molecular flexibility index (Phi) is 4.94. The van der Waals surface area contributed by atoms with Gasteiger partial charge in [-0.05, 0) is 74.5 Å². The van der Waals surface area contributed by atoms with Gasteiger partial charge in [0, 0.05) is 11.4 Å². The predicted octanol–water partition coefficient (Wildman–Crippen LogP) is 4.49. The first kappa shape index (κ1) is 22.3. The van der Waals surface area contributed by atoms with Gasteiger partial charge in [-0.1, -0.05) is 12.1 Å². The molecule has 0 aliphatic carbocycles. The van der Waals surface area contributed by atoms with E-state index >= 15 is 0 Å². The third kappa shape index (κ3) is 3.56. The Bertz CT molecular complexity index is 1560. The summed E-state index contributed by atoms with van der Waals surface area (Å²) >= 11 is 0. The second kappa shape index (κ2) is 8.20. The highest BCUT2D eigenvalue weighted by Crippen LogP contribution is 2.34. The van der Waals surface area contributed by atoms with Crippen LogP contribution in [0.3, 0.4) is 0 Å². The van der Waals surface area contributed by atoms with Crippen molar-refractivity contribution in [3.05, 3.63) is 106 Å². The lowest BCUT2D eigenvalue weighted by Crippen LogP contribution is -2.30. The number of carbonyl (C=O) groups excluding carboxylic acids is 4. The van der Waals surface area contributed by atoms with Crippen molar-refractivity contribution in [2.75, 3.05) is 9.80 Å². The predicted molar refractivity (Wildman–Crippen MR) is 133 cm³/mol. The van der Waals surface area contributed by atoms with Crippen LogP contribution in [-0.2, 0) is 0 Å². The zero-order valence-electron chi connectivity index (χ0n) is 19.8. The van der Waals surface area contributed by atoms with Crippen molar-refractivity contribution in [1.29, 1.82) is 0 Å². The van der Waals surface area contributed by atoms with Gasteiger partial charge in [0.25, 0.3) is 23.6 Å². The second-order valence-corrected chi connectivity index (χ2v) is 8.68. The van der Waals surface area contributed by atoms with Crippen molar-refractivity contribution in [1.82, 2.24) is 9.97 Å². The van der Waals surface area contributed by atoms with Crippen LogP contribution in [-0.4, -0.2) is 33.6 Å². The largest absolute Gasteiger partial charge is 0.457 e. The highest BCUT2D eigenvalue weighted by atomic mass is 16.5. The summed E-state index contributed by atoms with van der Waals surface area (Å²) in [7, 11) is 0. The van der Waals surface area contributed by atoms with E-state index in [-0.39, 0.29) is 33.9 Å². The fraction of sp³-hybridized carbons (Fsp3) is 0.0714. The Morgan fingerprint density at radius 3 is 1.35 bits per heavy atom. The Hall–Kier alpha value is -5.18. The number of ether oxygens (including phenoxy) is 1. The fourth-order valence-electron chi connectivity index (χ4n) is 4.43. The number of rotatable bonds is 4. The maximum absolute atomic E-state index is 13.1. The van der Waals surface area contributed by atoms with Crippen LogP contribution in [0.1, 0.15) is 52.8 Å². The molecule has 2 aliphatic rings. The van der Waals surface area contributed by atoms with Gasteiger partial charge in [0.05, 0.1) is 22.3 Å². The molecule has 0 N–H and O–H groups in total. The van der Waals surface area contributed by atoms with Crippen LogP contribution < -0.4 is 14.5 Å². The zero-order chi connectivity index (χ0) is 25.8. The summed E-state index contributed by atoms with van der Waals surface area (Å²) in [5, 5.41) is 0. The van der Waals surface area contributed by atoms with Crippen molar-refractivity contribution >= 4 is 35.3 Å². The number of imide groups is 2. The molecule has 180 valence electrons. The molecule has 9 heteroatoms. The van der Waals surface area contributed by atoms with Crippen molar-refractivity contribution in [3.8, 4) is 11.5 Å². The third-order valence-electron chi connectivity index (χ3n) is 6.16. The van der Waals surface area contributed by atoms with Crippen LogP contribution in [0.15, 0.2) is 72.8 Å². The van der Waals surface area contributed by atoms with Crippen molar-refractivity contribution in [3.63, 3.8) is 0 Å². The summed E-state index contributed by atoms with van der Waals surface area (Å²) in [6.07, 6.45) is 0. The number of benzene rings is 2. The van der Waals surface area contributed by atoms with E-state index in [1.54, 1.807) is 62.4 Å². The summed E-state index contributed by atoms with van der Waals surface area (Å²) in [4.78, 5) is 62.6. The van der Waals surface area contributed by atoms with E-state index < -0.39 is 23.6 Å². The van der Waals surface area contributed by atoms with Gasteiger partial charge in [0.15, 0.2) is 0 Å². The maximum atomic E-state index is 13.1. The molecule has 6 rings (SSSR count). The van der Waals surface area contributed by atoms with Crippen LogP contribution in [0, 0.1) is 13.8 Å². The average Bonchev–Trinajstić information content (AvgIpc) is 3.27. The molecule has 0 radical (unpaired) electrons. The Morgan fingerprint density at radius 1 is 0.541 bits per heavy atom. The minimum absolute atomic E-state index is 0.190. The van der Waals surface area contributed by atoms with Crippen molar-refractivity contribution in [2.24, 2.45) is 0 Å². The summed E-state index contributed by atoms with van der Waals surface area (Å²) < 4.78 is 5.92. The van der Waals surface area contributed by atoms with Crippen LogP contribution >= 0.6 is 0 Å². The molecule has 2 aromatic heterocycles. The SMILES string of the molecule is Cc1cccc(N2C(=O)c3ccc(Oc4ccc5c(c4)C(=O)N(c4cccc(C)n4)C5=O)cc3C2=O)n1. The van der Waals surface area contributed by atoms with Crippen LogP contribution in [0.2, 0.25) is 0 Å². The molecule has 9 nitrogen and oxygen atoms in total. The highest BCUT2D eigenvalue weighted by Gasteiger charge is 2.39. The molecule has 37 heavy (non-hydrogen) atoms. The van der Waals surface area contributed by atoms with Gasteiger partial charge < -0.3 is 4.74 Å². The maximum Gasteiger partial charge on any atom is 0.267 e. The molecular weight excluding hydrogens is 472 g/mol. The van der Waals surface area contributed by atoms with E-state index in [1.165, 1.54) is 24.3 Å². The monoisotopic (exact) mass is 490 g/mol. The average molecular weight is 490 g/mol. The van der Waals surface area contributed by atoms with E-state index in [4.69, 9.17) is 4.74 Å². The highest BCUT2D eigenvalue weighted by molar-refractivity contribution is 6.35. The molecular formula is C28H18N4O5. The number of hydrogen-bond acceptors (Lipinski definition) is 7. The lowest BCUT2D eigenvalue weighted by molar-refractivity contribution is 0.0909. The molecule has 0 atom stereocenters. The first-order valence-electron chi connectivity index (χ1n) is 11.4. The minimum Gasteiger partial charge on any atom is -0.457 e. The lowest BCUT2D eigenvalue weighted by Gasteiger charge is -2.12. The Labute approximate surface area is 210 Å². The number of amides is 4. The summed E-state index contributed by atoms with van der Waals surface area (Å²) in [5.41, 5.74) is 2.23. The minimum atomic E-state index is -0.500. The number of aryl methyl sites for hydroxylation is 2. The fourth-order valence-corrected chi connectivity index (χ4v) is 4.43. The normalized spacial score (nSPS) is 14.3. The molecule has 0 fully saturated rings. The number of fused-ring (bicyclic) bond motifs is 2. The van der Waals surface area contributed by atoms with Crippen molar-refractivity contribution in [2.45, 2.75) is 13.8 Å². The number of pyridine rings is 2. The Balaban J connectivity index is 1.28. The first-order valence-corrected chi connectivity index (χ1v) is 11.4. The first-order chi connectivity index (χ1) is 17.8. The van der Waals surface area contributed by atoms with Gasteiger partial charge >= 0.3 is 0 Å². The second-order valence-electron chi connectivity index (χ2n) is 8.68. The molecule has 0 saturated heterocycles. The summed E-state index contributed by atoms with van der Waals surface area (Å²) in [5.74, 6) is -0.821. The van der Waals surface area contributed by atoms with Crippen LogP contribution in [0.25, 0.3) is 0 Å². The van der Waals surface area contributed by atoms with Gasteiger partial charge in [0.1, 0.15) is 23.1 Å². The number of hydrogen-bond donors (Lipinski definition) is 0. The zero-order valence-corrected chi connectivity index (χ0v) is 19.8. The third-order valence-corrected chi connectivity index (χ3v) is 6.16. The molecule has 4 heterocycles. The molecule has 0 spiro atoms. The van der Waals surface area contributed by atoms with Gasteiger partial charge in [-0.3, -0.25) is 19.2 Å². The van der Waals surface area contributed by atoms with Gasteiger partial charge in [-0.2, -0.15) is 0 Å². The van der Waals surface area contributed by atoms with Crippen LogP contribution in [0.4, 0.5) is 11.6 Å². The molecule has 0 bridgehead atoms. The van der Waals surface area contributed by atoms with Crippen molar-refractivity contribution < 1.29 is 23.9 Å². The molecule has 2 aliphatic heterocycles. The van der Waals surface area contributed by atoms with E-state index in [2.05, 4.69) is 9.97 Å². The van der Waals surface area contributed by atoms with E-state index in [9.17, 15) is 19.2 Å². The smallest absolute Gasteiger partial charge is 0.267 e.